The summed E-state index contributed by atoms with van der Waals surface area (Å²) in [4.78, 5) is 24.0. The summed E-state index contributed by atoms with van der Waals surface area (Å²) in [6.45, 7) is 2.88. The molecule has 8 heteroatoms. The predicted molar refractivity (Wildman–Crippen MR) is 112 cm³/mol. The van der Waals surface area contributed by atoms with E-state index in [9.17, 15) is 23.5 Å². The number of halogens is 2. The van der Waals surface area contributed by atoms with Gasteiger partial charge in [0.25, 0.3) is 5.91 Å². The maximum absolute atomic E-state index is 14.5. The summed E-state index contributed by atoms with van der Waals surface area (Å²) in [7, 11) is 1.59. The average molecular weight is 430 g/mol. The topological polar surface area (TPSA) is 91.6 Å². The van der Waals surface area contributed by atoms with E-state index in [1.807, 2.05) is 0 Å². The van der Waals surface area contributed by atoms with Gasteiger partial charge in [0, 0.05) is 12.4 Å². The maximum atomic E-state index is 14.5. The van der Waals surface area contributed by atoms with Crippen LogP contribution in [0.5, 0.6) is 0 Å². The number of carbonyl (C=O) groups is 2. The Morgan fingerprint density at radius 3 is 2.26 bits per heavy atom. The second-order valence-electron chi connectivity index (χ2n) is 7.47. The molecule has 0 aliphatic rings. The van der Waals surface area contributed by atoms with Crippen LogP contribution in [0.25, 0.3) is 10.9 Å². The molecule has 0 spiro atoms. The van der Waals surface area contributed by atoms with Crippen LogP contribution < -0.4 is 5.32 Å². The summed E-state index contributed by atoms with van der Waals surface area (Å²) >= 11 is 0. The van der Waals surface area contributed by atoms with E-state index < -0.39 is 42.1 Å². The maximum Gasteiger partial charge on any atom is 0.310 e. The lowest BCUT2D eigenvalue weighted by Crippen LogP contribution is -2.32. The van der Waals surface area contributed by atoms with Crippen molar-refractivity contribution in [1.82, 2.24) is 9.88 Å². The van der Waals surface area contributed by atoms with Gasteiger partial charge in [-0.25, -0.2) is 8.78 Å². The minimum absolute atomic E-state index is 0.00918. The van der Waals surface area contributed by atoms with Gasteiger partial charge in [-0.1, -0.05) is 31.2 Å². The van der Waals surface area contributed by atoms with E-state index in [-0.39, 0.29) is 16.6 Å². The average Bonchev–Trinajstić information content (AvgIpc) is 3.10. The molecule has 0 fully saturated rings. The number of aliphatic carboxylic acids is 1. The summed E-state index contributed by atoms with van der Waals surface area (Å²) in [6.07, 6.45) is 0.314. The summed E-state index contributed by atoms with van der Waals surface area (Å²) in [5.74, 6) is -4.11. The number of hydrogen-bond donors (Lipinski definition) is 3. The van der Waals surface area contributed by atoms with Crippen molar-refractivity contribution in [3.8, 4) is 0 Å². The van der Waals surface area contributed by atoms with Gasteiger partial charge in [0.2, 0.25) is 0 Å². The minimum atomic E-state index is -0.995. The number of nitrogens with one attached hydrogen (secondary N) is 1. The van der Waals surface area contributed by atoms with Crippen LogP contribution in [0.3, 0.4) is 0 Å². The molecule has 3 aromatic rings. The van der Waals surface area contributed by atoms with E-state index in [0.717, 1.165) is 0 Å². The van der Waals surface area contributed by atoms with Gasteiger partial charge in [0.1, 0.15) is 5.69 Å². The normalized spacial score (nSPS) is 13.2. The van der Waals surface area contributed by atoms with Crippen molar-refractivity contribution in [2.75, 3.05) is 6.61 Å². The fraction of sp³-hybridized carbons (Fsp3) is 0.304. The first-order chi connectivity index (χ1) is 14.7. The van der Waals surface area contributed by atoms with Gasteiger partial charge in [0.05, 0.1) is 24.1 Å². The molecule has 0 radical (unpaired) electrons. The van der Waals surface area contributed by atoms with Crippen molar-refractivity contribution in [3.63, 3.8) is 0 Å². The number of aliphatic hydroxyl groups excluding tert-OH is 1. The van der Waals surface area contributed by atoms with Crippen molar-refractivity contribution in [2.24, 2.45) is 7.05 Å². The van der Waals surface area contributed by atoms with E-state index in [0.29, 0.717) is 23.1 Å². The van der Waals surface area contributed by atoms with Gasteiger partial charge < -0.3 is 20.1 Å². The van der Waals surface area contributed by atoms with Crippen molar-refractivity contribution < 1.29 is 28.6 Å². The Morgan fingerprint density at radius 2 is 1.71 bits per heavy atom. The van der Waals surface area contributed by atoms with Crippen LogP contribution in [0.15, 0.2) is 36.4 Å². The van der Waals surface area contributed by atoms with Gasteiger partial charge in [-0.2, -0.15) is 0 Å². The number of benzene rings is 2. The number of nitrogens with zero attached hydrogens (tertiary/aromatic N) is 1. The number of aliphatic hydroxyl groups is 1. The first kappa shape index (κ1) is 22.4. The molecular weight excluding hydrogens is 406 g/mol. The third-order valence-electron chi connectivity index (χ3n) is 5.61. The lowest BCUT2D eigenvalue weighted by atomic mass is 9.98. The molecule has 0 aliphatic heterocycles. The molecule has 1 aromatic heterocycles. The lowest BCUT2D eigenvalue weighted by molar-refractivity contribution is -0.138. The largest absolute Gasteiger partial charge is 0.481 e. The van der Waals surface area contributed by atoms with E-state index in [1.165, 1.54) is 16.7 Å². The molecular formula is C23H24F2N2O4. The molecule has 1 amide bonds. The van der Waals surface area contributed by atoms with Gasteiger partial charge in [-0.3, -0.25) is 9.59 Å². The summed E-state index contributed by atoms with van der Waals surface area (Å²) < 4.78 is 30.1. The number of carboxylic acids is 1. The summed E-state index contributed by atoms with van der Waals surface area (Å²) in [5, 5.41) is 21.6. The highest BCUT2D eigenvalue weighted by Crippen LogP contribution is 2.27. The number of hydrogen-bond acceptors (Lipinski definition) is 3. The van der Waals surface area contributed by atoms with Crippen LogP contribution in [-0.4, -0.2) is 33.3 Å². The van der Waals surface area contributed by atoms with Gasteiger partial charge in [-0.05, 0) is 42.2 Å². The molecule has 1 unspecified atom stereocenters. The van der Waals surface area contributed by atoms with E-state index in [2.05, 4.69) is 5.32 Å². The van der Waals surface area contributed by atoms with Crippen molar-refractivity contribution in [2.45, 2.75) is 32.2 Å². The van der Waals surface area contributed by atoms with Gasteiger partial charge >= 0.3 is 5.97 Å². The Bertz CT molecular complexity index is 1140. The number of amides is 1. The predicted octanol–water partition coefficient (Wildman–Crippen LogP) is 3.67. The fourth-order valence-electron chi connectivity index (χ4n) is 3.56. The molecule has 31 heavy (non-hydrogen) atoms. The van der Waals surface area contributed by atoms with Gasteiger partial charge in [-0.15, -0.1) is 0 Å². The molecule has 3 rings (SSSR count). The van der Waals surface area contributed by atoms with Gasteiger partial charge in [0.15, 0.2) is 11.6 Å². The third kappa shape index (κ3) is 4.16. The highest BCUT2D eigenvalue weighted by molar-refractivity contribution is 5.99. The van der Waals surface area contributed by atoms with E-state index >= 15 is 0 Å². The Morgan fingerprint density at radius 1 is 1.10 bits per heavy atom. The molecule has 0 saturated heterocycles. The van der Waals surface area contributed by atoms with Crippen LogP contribution in [-0.2, 0) is 18.3 Å². The van der Waals surface area contributed by atoms with E-state index in [4.69, 9.17) is 5.11 Å². The first-order valence-corrected chi connectivity index (χ1v) is 9.90. The molecule has 6 nitrogen and oxygen atoms in total. The molecule has 3 N–H and O–H groups in total. The fourth-order valence-corrected chi connectivity index (χ4v) is 3.56. The number of rotatable bonds is 7. The molecule has 0 saturated carbocycles. The zero-order valence-electron chi connectivity index (χ0n) is 17.4. The molecule has 164 valence electrons. The smallest absolute Gasteiger partial charge is 0.310 e. The number of aryl methyl sites for hydroxylation is 2. The van der Waals surface area contributed by atoms with E-state index in [1.54, 1.807) is 45.2 Å². The Kier molecular flexibility index (Phi) is 6.40. The molecule has 0 aliphatic carbocycles. The van der Waals surface area contributed by atoms with Crippen molar-refractivity contribution in [3.05, 3.63) is 70.4 Å². The second kappa shape index (κ2) is 8.85. The van der Waals surface area contributed by atoms with Crippen molar-refractivity contribution >= 4 is 22.8 Å². The van der Waals surface area contributed by atoms with Crippen LogP contribution in [0.4, 0.5) is 8.78 Å². The number of fused-ring (bicyclic) bond motifs is 1. The third-order valence-corrected chi connectivity index (χ3v) is 5.61. The zero-order valence-corrected chi connectivity index (χ0v) is 17.4. The molecule has 2 aromatic carbocycles. The Balaban J connectivity index is 1.89. The second-order valence-corrected chi connectivity index (χ2v) is 7.47. The zero-order chi connectivity index (χ0) is 22.9. The first-order valence-electron chi connectivity index (χ1n) is 9.90. The standard InChI is InChI=1S/C23H24F2N2O4/c1-4-13-9-18-16(21(25)20(13)24)10-19(27(18)3)22(29)26-17(11-28)15-7-5-14(6-8-15)12(2)23(30)31/h5-10,12,17,28H,4,11H2,1-3H3,(H,26,29)(H,30,31)/t12?,17-/m1/s1. The monoisotopic (exact) mass is 430 g/mol. The van der Waals surface area contributed by atoms with Crippen LogP contribution in [0.1, 0.15) is 53.0 Å². The summed E-state index contributed by atoms with van der Waals surface area (Å²) in [6, 6.07) is 8.59. The Labute approximate surface area is 178 Å². The lowest BCUT2D eigenvalue weighted by Gasteiger charge is -2.18. The quantitative estimate of drug-likeness (QED) is 0.533. The number of carbonyl (C=O) groups excluding carboxylic acids is 1. The SMILES string of the molecule is CCc1cc2c(cc(C(=O)N[C@H](CO)c3ccc(C(C)C(=O)O)cc3)n2C)c(F)c1F. The van der Waals surface area contributed by atoms with Crippen LogP contribution in [0, 0.1) is 11.6 Å². The highest BCUT2D eigenvalue weighted by Gasteiger charge is 2.22. The number of carboxylic acid groups (broad SMARTS) is 1. The minimum Gasteiger partial charge on any atom is -0.481 e. The molecule has 0 bridgehead atoms. The van der Waals surface area contributed by atoms with Crippen LogP contribution >= 0.6 is 0 Å². The molecule has 2 atom stereocenters. The van der Waals surface area contributed by atoms with Crippen molar-refractivity contribution in [1.29, 1.82) is 0 Å². The summed E-state index contributed by atoms with van der Waals surface area (Å²) in [5.41, 5.74) is 1.92. The molecule has 1 heterocycles. The Hall–Kier alpha value is -3.26. The number of aromatic nitrogens is 1. The highest BCUT2D eigenvalue weighted by atomic mass is 19.2. The van der Waals surface area contributed by atoms with Crippen LogP contribution in [0.2, 0.25) is 0 Å².